The van der Waals surface area contributed by atoms with Crippen LogP contribution in [0.2, 0.25) is 5.02 Å². The second-order valence-corrected chi connectivity index (χ2v) is 24.7. The maximum absolute atomic E-state index is 12.9. The lowest BCUT2D eigenvalue weighted by molar-refractivity contribution is -0.133. The van der Waals surface area contributed by atoms with Crippen LogP contribution in [0.3, 0.4) is 0 Å². The summed E-state index contributed by atoms with van der Waals surface area (Å²) in [4.78, 5) is 44.3. The summed E-state index contributed by atoms with van der Waals surface area (Å²) in [6, 6.07) is 52.9. The largest absolute Gasteiger partial charge is 0.492 e. The minimum absolute atomic E-state index is 0.0224. The van der Waals surface area contributed by atoms with E-state index in [1.54, 1.807) is 0 Å². The standard InChI is InChI=1S/C27H28N2O2.C21H23BrN2O2.C21H23ClN2O2/c28-18-21-8-11-25-24(16-21)27(19-31-25)12-14-29(15-13-27)26(30)17-20-6-9-23(10-7-20)22-4-2-1-3-5-22;2*22-17-4-1-15(2-5-17)12-20(25)24-9-7-21(8-10-24)14-26-19-6-3-16(13-23)11-18(19)21/h1-11,16H,12-15,17-19,28H2;2*1-6,11H,7-10,12-14,23H2. The van der Waals surface area contributed by atoms with Crippen LogP contribution in [-0.4, -0.2) is 91.5 Å². The minimum Gasteiger partial charge on any atom is -0.492 e. The van der Waals surface area contributed by atoms with E-state index in [1.165, 1.54) is 27.8 Å². The van der Waals surface area contributed by atoms with Gasteiger partial charge in [-0.05, 0) is 125 Å². The SMILES string of the molecule is NCc1ccc2c(c1)C1(CCN(C(=O)Cc3ccc(-c4ccccc4)cc3)CC1)CO2.NCc1ccc2c(c1)C1(CCN(C(=O)Cc3ccc(Br)cc3)CC1)CO2.NCc1ccc2c(c1)C1(CCN(C(=O)Cc3ccc(Cl)cc3)CC1)CO2. The molecule has 0 saturated carbocycles. The predicted octanol–water partition coefficient (Wildman–Crippen LogP) is 11.0. The lowest BCUT2D eigenvalue weighted by Gasteiger charge is -2.38. The topological polar surface area (TPSA) is 167 Å². The molecule has 430 valence electrons. The molecule has 0 aromatic heterocycles. The Morgan fingerprint density at radius 2 is 0.711 bits per heavy atom. The van der Waals surface area contributed by atoms with Crippen LogP contribution in [0.1, 0.15) is 88.6 Å². The van der Waals surface area contributed by atoms with Gasteiger partial charge in [-0.2, -0.15) is 0 Å². The fourth-order valence-electron chi connectivity index (χ4n) is 12.9. The number of likely N-dealkylation sites (tertiary alicyclic amines) is 3. The Bertz CT molecular complexity index is 3270. The molecule has 3 fully saturated rings. The Kier molecular flexibility index (Phi) is 17.7. The molecule has 0 atom stereocenters. The molecule has 3 amide bonds. The number of ether oxygens (including phenoxy) is 3. The number of carbonyl (C=O) groups is 3. The quantitative estimate of drug-likeness (QED) is 0.121. The molecule has 83 heavy (non-hydrogen) atoms. The van der Waals surface area contributed by atoms with E-state index in [0.717, 1.165) is 133 Å². The number of rotatable bonds is 10. The molecule has 0 aliphatic carbocycles. The van der Waals surface area contributed by atoms with E-state index < -0.39 is 0 Å². The van der Waals surface area contributed by atoms with Gasteiger partial charge in [-0.3, -0.25) is 14.4 Å². The molecule has 13 rings (SSSR count). The van der Waals surface area contributed by atoms with E-state index >= 15 is 0 Å². The Labute approximate surface area is 501 Å². The molecule has 6 heterocycles. The number of hydrogen-bond donors (Lipinski definition) is 3. The highest BCUT2D eigenvalue weighted by Crippen LogP contribution is 2.48. The molecule has 7 aromatic rings. The minimum atomic E-state index is 0.0224. The van der Waals surface area contributed by atoms with Crippen LogP contribution in [0.5, 0.6) is 17.2 Å². The second kappa shape index (κ2) is 25.5. The predicted molar refractivity (Wildman–Crippen MR) is 331 cm³/mol. The zero-order valence-electron chi connectivity index (χ0n) is 47.1. The Hall–Kier alpha value is -7.00. The van der Waals surface area contributed by atoms with Crippen LogP contribution >= 0.6 is 27.5 Å². The van der Waals surface area contributed by atoms with Gasteiger partial charge in [0.25, 0.3) is 0 Å². The Balaban J connectivity index is 0.000000131. The van der Waals surface area contributed by atoms with Gasteiger partial charge in [0, 0.05) is 101 Å². The summed E-state index contributed by atoms with van der Waals surface area (Å²) in [5.74, 6) is 3.53. The number of benzene rings is 7. The Morgan fingerprint density at radius 1 is 0.410 bits per heavy atom. The molecular formula is C69H74BrClN6O6. The first-order valence-electron chi connectivity index (χ1n) is 29.2. The number of nitrogens with two attached hydrogens (primary N) is 3. The fraction of sp³-hybridized carbons (Fsp3) is 0.348. The van der Waals surface area contributed by atoms with Gasteiger partial charge >= 0.3 is 0 Å². The molecule has 0 bridgehead atoms. The first-order valence-corrected chi connectivity index (χ1v) is 30.4. The first kappa shape index (κ1) is 57.8. The molecule has 3 spiro atoms. The third-order valence-corrected chi connectivity index (χ3v) is 19.0. The molecule has 0 radical (unpaired) electrons. The van der Waals surface area contributed by atoms with E-state index in [2.05, 4.69) is 70.5 Å². The molecule has 6 aliphatic rings. The monoisotopic (exact) mass is 1200 g/mol. The number of piperidine rings is 3. The van der Waals surface area contributed by atoms with Crippen LogP contribution in [-0.2, 0) is 69.5 Å². The van der Waals surface area contributed by atoms with E-state index in [0.29, 0.717) is 63.7 Å². The van der Waals surface area contributed by atoms with Crippen molar-refractivity contribution >= 4 is 45.3 Å². The molecule has 3 saturated heterocycles. The van der Waals surface area contributed by atoms with E-state index in [4.69, 9.17) is 43.0 Å². The van der Waals surface area contributed by atoms with Crippen molar-refractivity contribution < 1.29 is 28.6 Å². The molecule has 6 aliphatic heterocycles. The van der Waals surface area contributed by atoms with Gasteiger partial charge in [0.05, 0.1) is 39.1 Å². The third-order valence-electron chi connectivity index (χ3n) is 18.2. The molecule has 12 nitrogen and oxygen atoms in total. The van der Waals surface area contributed by atoms with Crippen molar-refractivity contribution in [2.45, 2.75) is 93.7 Å². The molecule has 6 N–H and O–H groups in total. The van der Waals surface area contributed by atoms with Crippen LogP contribution in [0.25, 0.3) is 11.1 Å². The number of fused-ring (bicyclic) bond motifs is 6. The van der Waals surface area contributed by atoms with Crippen LogP contribution in [0, 0.1) is 0 Å². The highest BCUT2D eigenvalue weighted by Gasteiger charge is 2.46. The van der Waals surface area contributed by atoms with E-state index in [1.807, 2.05) is 118 Å². The summed E-state index contributed by atoms with van der Waals surface area (Å²) in [5, 5.41) is 0.692. The first-order chi connectivity index (χ1) is 40.4. The molecule has 7 aromatic carbocycles. The van der Waals surface area contributed by atoms with Gasteiger partial charge in [0.15, 0.2) is 0 Å². The maximum Gasteiger partial charge on any atom is 0.226 e. The summed E-state index contributed by atoms with van der Waals surface area (Å²) in [7, 11) is 0. The zero-order chi connectivity index (χ0) is 57.6. The number of amides is 3. The van der Waals surface area contributed by atoms with Crippen molar-refractivity contribution in [3.05, 3.63) is 217 Å². The second-order valence-electron chi connectivity index (χ2n) is 23.3. The van der Waals surface area contributed by atoms with Crippen molar-refractivity contribution in [3.63, 3.8) is 0 Å². The van der Waals surface area contributed by atoms with Gasteiger partial charge in [-0.25, -0.2) is 0 Å². The third kappa shape index (κ3) is 12.9. The van der Waals surface area contributed by atoms with Crippen molar-refractivity contribution in [1.29, 1.82) is 0 Å². The van der Waals surface area contributed by atoms with Crippen molar-refractivity contribution in [1.82, 2.24) is 14.7 Å². The van der Waals surface area contributed by atoms with Crippen molar-refractivity contribution in [2.75, 3.05) is 59.1 Å². The van der Waals surface area contributed by atoms with Crippen molar-refractivity contribution in [3.8, 4) is 28.4 Å². The maximum atomic E-state index is 12.9. The van der Waals surface area contributed by atoms with E-state index in [9.17, 15) is 14.4 Å². The number of nitrogens with zero attached hydrogens (tertiary/aromatic N) is 3. The van der Waals surface area contributed by atoms with Gasteiger partial charge in [-0.1, -0.05) is 143 Å². The number of halogens is 2. The van der Waals surface area contributed by atoms with Gasteiger partial charge < -0.3 is 46.1 Å². The molecule has 0 unspecified atom stereocenters. The van der Waals surface area contributed by atoms with Crippen molar-refractivity contribution in [2.24, 2.45) is 17.2 Å². The average Bonchev–Trinajstić information content (AvgIpc) is 3.78. The molecular weight excluding hydrogens is 1120 g/mol. The lowest BCUT2D eigenvalue weighted by atomic mass is 9.74. The lowest BCUT2D eigenvalue weighted by Crippen LogP contribution is -2.46. The summed E-state index contributed by atoms with van der Waals surface area (Å²) in [5.41, 5.74) is 30.3. The zero-order valence-corrected chi connectivity index (χ0v) is 49.5. The summed E-state index contributed by atoms with van der Waals surface area (Å²) < 4.78 is 18.9. The average molecular weight is 1200 g/mol. The number of carbonyl (C=O) groups excluding carboxylic acids is 3. The molecule has 14 heteroatoms. The normalized spacial score (nSPS) is 17.4. The number of hydrogen-bond acceptors (Lipinski definition) is 9. The van der Waals surface area contributed by atoms with Crippen LogP contribution in [0.15, 0.2) is 162 Å². The van der Waals surface area contributed by atoms with Crippen LogP contribution in [0.4, 0.5) is 0 Å². The summed E-state index contributed by atoms with van der Waals surface area (Å²) in [6.07, 6.45) is 6.96. The Morgan fingerprint density at radius 3 is 1.05 bits per heavy atom. The van der Waals surface area contributed by atoms with E-state index in [-0.39, 0.29) is 34.0 Å². The van der Waals surface area contributed by atoms with Gasteiger partial charge in [0.2, 0.25) is 17.7 Å². The highest BCUT2D eigenvalue weighted by molar-refractivity contribution is 9.10. The summed E-state index contributed by atoms with van der Waals surface area (Å²) >= 11 is 9.34. The van der Waals surface area contributed by atoms with Crippen LogP contribution < -0.4 is 31.4 Å². The van der Waals surface area contributed by atoms with Gasteiger partial charge in [-0.15, -0.1) is 0 Å². The van der Waals surface area contributed by atoms with Gasteiger partial charge in [0.1, 0.15) is 17.2 Å². The fourth-order valence-corrected chi connectivity index (χ4v) is 13.3. The smallest absolute Gasteiger partial charge is 0.226 e. The highest BCUT2D eigenvalue weighted by atomic mass is 79.9. The summed E-state index contributed by atoms with van der Waals surface area (Å²) in [6.45, 7) is 8.39.